The molecule has 0 aliphatic carbocycles. The summed E-state index contributed by atoms with van der Waals surface area (Å²) in [6.07, 6.45) is -0.00525. The van der Waals surface area contributed by atoms with E-state index in [1.54, 1.807) is 6.92 Å². The Bertz CT molecular complexity index is 953. The Morgan fingerprint density at radius 3 is 2.31 bits per heavy atom. The molecule has 2 amide bonds. The summed E-state index contributed by atoms with van der Waals surface area (Å²) in [6, 6.07) is 14.8. The van der Waals surface area contributed by atoms with Crippen molar-refractivity contribution in [1.82, 2.24) is 10.6 Å². The van der Waals surface area contributed by atoms with Gasteiger partial charge in [-0.1, -0.05) is 44.2 Å². The van der Waals surface area contributed by atoms with Gasteiger partial charge in [-0.25, -0.2) is 4.79 Å². The van der Waals surface area contributed by atoms with Gasteiger partial charge in [-0.05, 0) is 61.6 Å². The first-order valence-electron chi connectivity index (χ1n) is 11.4. The zero-order chi connectivity index (χ0) is 23.4. The Kier molecular flexibility index (Phi) is 7.56. The van der Waals surface area contributed by atoms with Crippen molar-refractivity contribution in [2.45, 2.75) is 78.7 Å². The molecule has 2 unspecified atom stereocenters. The molecule has 0 aromatic heterocycles. The number of benzene rings is 2. The molecule has 2 aromatic rings. The second-order valence-corrected chi connectivity index (χ2v) is 9.13. The van der Waals surface area contributed by atoms with Gasteiger partial charge in [0.2, 0.25) is 5.91 Å². The van der Waals surface area contributed by atoms with E-state index >= 15 is 0 Å². The number of hydrogen-bond acceptors (Lipinski definition) is 4. The van der Waals surface area contributed by atoms with E-state index in [9.17, 15) is 9.59 Å². The minimum absolute atomic E-state index is 0.00304. The van der Waals surface area contributed by atoms with Crippen LogP contribution in [0.2, 0.25) is 0 Å². The predicted molar refractivity (Wildman–Crippen MR) is 129 cm³/mol. The lowest BCUT2D eigenvalue weighted by Gasteiger charge is -2.39. The second-order valence-electron chi connectivity index (χ2n) is 9.13. The summed E-state index contributed by atoms with van der Waals surface area (Å²) < 4.78 is 5.31. The van der Waals surface area contributed by atoms with Crippen molar-refractivity contribution in [3.8, 4) is 11.1 Å². The molecular weight excluding hydrogens is 402 g/mol. The van der Waals surface area contributed by atoms with E-state index in [-0.39, 0.29) is 24.1 Å². The van der Waals surface area contributed by atoms with Crippen LogP contribution in [-0.2, 0) is 16.1 Å². The lowest BCUT2D eigenvalue weighted by molar-refractivity contribution is -0.117. The molecule has 0 saturated heterocycles. The van der Waals surface area contributed by atoms with Crippen LogP contribution in [0.25, 0.3) is 11.1 Å². The van der Waals surface area contributed by atoms with Gasteiger partial charge in [0.05, 0.1) is 12.1 Å². The van der Waals surface area contributed by atoms with E-state index in [1.807, 2.05) is 37.8 Å². The standard InChI is InChI=1S/C26H35N3O3/c1-16(2)27-15-20-7-9-21(10-8-20)22-11-12-25-23(14-22)24(28-26(31)32-17(3)4)13-18(5)29(25)19(6)30/h7-12,14,16-18,24,27H,13,15H2,1-6H3,(H,28,31). The summed E-state index contributed by atoms with van der Waals surface area (Å²) in [5, 5.41) is 6.43. The number of carbonyl (C=O) groups excluding carboxylic acids is 2. The maximum Gasteiger partial charge on any atom is 0.407 e. The molecule has 2 aromatic carbocycles. The molecule has 32 heavy (non-hydrogen) atoms. The van der Waals surface area contributed by atoms with Gasteiger partial charge in [0.15, 0.2) is 0 Å². The number of fused-ring (bicyclic) bond motifs is 1. The molecule has 2 atom stereocenters. The summed E-state index contributed by atoms with van der Waals surface area (Å²) in [7, 11) is 0. The van der Waals surface area contributed by atoms with Crippen molar-refractivity contribution in [2.24, 2.45) is 0 Å². The maximum absolute atomic E-state index is 12.4. The van der Waals surface area contributed by atoms with Crippen molar-refractivity contribution in [3.05, 3.63) is 53.6 Å². The fourth-order valence-electron chi connectivity index (χ4n) is 4.19. The van der Waals surface area contributed by atoms with Gasteiger partial charge in [-0.3, -0.25) is 4.79 Å². The summed E-state index contributed by atoms with van der Waals surface area (Å²) in [5.74, 6) is -0.00304. The molecule has 1 aliphatic heterocycles. The van der Waals surface area contributed by atoms with Gasteiger partial charge in [0.1, 0.15) is 0 Å². The van der Waals surface area contributed by atoms with Crippen molar-refractivity contribution >= 4 is 17.7 Å². The average Bonchev–Trinajstić information content (AvgIpc) is 2.71. The fraction of sp³-hybridized carbons (Fsp3) is 0.462. The highest BCUT2D eigenvalue weighted by Crippen LogP contribution is 2.39. The number of ether oxygens (including phenoxy) is 1. The normalized spacial score (nSPS) is 17.9. The van der Waals surface area contributed by atoms with Gasteiger partial charge in [0.25, 0.3) is 0 Å². The van der Waals surface area contributed by atoms with E-state index in [0.717, 1.165) is 28.9 Å². The average molecular weight is 438 g/mol. The predicted octanol–water partition coefficient (Wildman–Crippen LogP) is 5.17. The van der Waals surface area contributed by atoms with Crippen LogP contribution >= 0.6 is 0 Å². The van der Waals surface area contributed by atoms with Gasteiger partial charge in [0, 0.05) is 31.2 Å². The molecule has 3 rings (SSSR count). The summed E-state index contributed by atoms with van der Waals surface area (Å²) in [5.41, 5.74) is 5.15. The van der Waals surface area contributed by atoms with Crippen LogP contribution in [0.1, 0.15) is 65.1 Å². The highest BCUT2D eigenvalue weighted by molar-refractivity contribution is 5.94. The lowest BCUT2D eigenvalue weighted by Crippen LogP contribution is -2.45. The van der Waals surface area contributed by atoms with Gasteiger partial charge in [-0.15, -0.1) is 0 Å². The Hall–Kier alpha value is -2.86. The third-order valence-electron chi connectivity index (χ3n) is 5.66. The third-order valence-corrected chi connectivity index (χ3v) is 5.66. The second kappa shape index (κ2) is 10.2. The molecule has 172 valence electrons. The van der Waals surface area contributed by atoms with Crippen molar-refractivity contribution in [1.29, 1.82) is 0 Å². The van der Waals surface area contributed by atoms with E-state index in [2.05, 4.69) is 54.8 Å². The number of hydrogen-bond donors (Lipinski definition) is 2. The van der Waals surface area contributed by atoms with Gasteiger partial charge in [-0.2, -0.15) is 0 Å². The van der Waals surface area contributed by atoms with E-state index in [1.165, 1.54) is 5.56 Å². The fourth-order valence-corrected chi connectivity index (χ4v) is 4.19. The first-order chi connectivity index (χ1) is 15.2. The van der Waals surface area contributed by atoms with E-state index < -0.39 is 6.09 Å². The monoisotopic (exact) mass is 437 g/mol. The number of alkyl carbamates (subject to hydrolysis) is 1. The molecule has 6 nitrogen and oxygen atoms in total. The molecule has 0 fully saturated rings. The van der Waals surface area contributed by atoms with Crippen LogP contribution in [0, 0.1) is 0 Å². The highest BCUT2D eigenvalue weighted by Gasteiger charge is 2.33. The molecular formula is C26H35N3O3. The number of nitrogens with one attached hydrogen (secondary N) is 2. The first kappa shape index (κ1) is 23.8. The molecule has 1 heterocycles. The molecule has 0 spiro atoms. The zero-order valence-corrected chi connectivity index (χ0v) is 19.9. The number of carbonyl (C=O) groups is 2. The minimum Gasteiger partial charge on any atom is -0.447 e. The van der Waals surface area contributed by atoms with Gasteiger partial charge >= 0.3 is 6.09 Å². The van der Waals surface area contributed by atoms with Crippen LogP contribution < -0.4 is 15.5 Å². The van der Waals surface area contributed by atoms with Crippen LogP contribution in [0.3, 0.4) is 0 Å². The smallest absolute Gasteiger partial charge is 0.407 e. The number of nitrogens with zero attached hydrogens (tertiary/aromatic N) is 1. The van der Waals surface area contributed by atoms with E-state index in [0.29, 0.717) is 12.5 Å². The van der Waals surface area contributed by atoms with Gasteiger partial charge < -0.3 is 20.3 Å². The molecule has 0 radical (unpaired) electrons. The van der Waals surface area contributed by atoms with Crippen molar-refractivity contribution in [2.75, 3.05) is 4.90 Å². The summed E-state index contributed by atoms with van der Waals surface area (Å²) in [4.78, 5) is 26.5. The third kappa shape index (κ3) is 5.68. The van der Waals surface area contributed by atoms with E-state index in [4.69, 9.17) is 4.74 Å². The Morgan fingerprint density at radius 1 is 1.06 bits per heavy atom. The quantitative estimate of drug-likeness (QED) is 0.654. The zero-order valence-electron chi connectivity index (χ0n) is 19.9. The van der Waals surface area contributed by atoms with Crippen molar-refractivity contribution in [3.63, 3.8) is 0 Å². The summed E-state index contributed by atoms with van der Waals surface area (Å²) in [6.45, 7) is 12.3. The Morgan fingerprint density at radius 2 is 1.72 bits per heavy atom. The Balaban J connectivity index is 1.92. The number of amides is 2. The maximum atomic E-state index is 12.4. The highest BCUT2D eigenvalue weighted by atomic mass is 16.6. The van der Waals surface area contributed by atoms with Crippen LogP contribution in [0.15, 0.2) is 42.5 Å². The molecule has 6 heteroatoms. The molecule has 0 saturated carbocycles. The van der Waals surface area contributed by atoms with Crippen LogP contribution in [-0.4, -0.2) is 30.2 Å². The lowest BCUT2D eigenvalue weighted by atomic mass is 9.89. The molecule has 2 N–H and O–H groups in total. The number of rotatable bonds is 6. The summed E-state index contributed by atoms with van der Waals surface area (Å²) >= 11 is 0. The topological polar surface area (TPSA) is 70.7 Å². The first-order valence-corrected chi connectivity index (χ1v) is 11.4. The Labute approximate surface area is 191 Å². The minimum atomic E-state index is -0.438. The molecule has 1 aliphatic rings. The largest absolute Gasteiger partial charge is 0.447 e. The SMILES string of the molecule is CC(=O)N1c2ccc(-c3ccc(CNC(C)C)cc3)cc2C(NC(=O)OC(C)C)CC1C. The molecule has 0 bridgehead atoms. The van der Waals surface area contributed by atoms with Crippen LogP contribution in [0.5, 0.6) is 0 Å². The van der Waals surface area contributed by atoms with Crippen LogP contribution in [0.4, 0.5) is 10.5 Å². The van der Waals surface area contributed by atoms with Crippen molar-refractivity contribution < 1.29 is 14.3 Å². The number of anilines is 1.